The number of benzene rings is 3. The first-order valence-corrected chi connectivity index (χ1v) is 10.2. The molecule has 0 aliphatic carbocycles. The topological polar surface area (TPSA) is 96.5 Å². The molecule has 0 saturated carbocycles. The van der Waals surface area contributed by atoms with E-state index >= 15 is 0 Å². The van der Waals surface area contributed by atoms with Gasteiger partial charge in [-0.25, -0.2) is 0 Å². The lowest BCUT2D eigenvalue weighted by atomic mass is 10.1. The van der Waals surface area contributed by atoms with Crippen LogP contribution < -0.4 is 20.7 Å². The number of hydrogen-bond acceptors (Lipinski definition) is 4. The summed E-state index contributed by atoms with van der Waals surface area (Å²) < 4.78 is 5.17. The van der Waals surface area contributed by atoms with Crippen molar-refractivity contribution in [2.45, 2.75) is 19.4 Å². The highest BCUT2D eigenvalue weighted by atomic mass is 16.5. The van der Waals surface area contributed by atoms with Crippen molar-refractivity contribution in [2.75, 3.05) is 17.7 Å². The molecule has 1 atom stereocenters. The molecule has 0 saturated heterocycles. The first-order chi connectivity index (χ1) is 15.5. The smallest absolute Gasteiger partial charge is 0.255 e. The van der Waals surface area contributed by atoms with Crippen LogP contribution in [-0.2, 0) is 4.79 Å². The number of ether oxygens (including phenoxy) is 1. The Morgan fingerprint density at radius 2 is 1.56 bits per heavy atom. The predicted octanol–water partition coefficient (Wildman–Crippen LogP) is 4.09. The average Bonchev–Trinajstić information content (AvgIpc) is 2.83. The van der Waals surface area contributed by atoms with Crippen LogP contribution in [0.4, 0.5) is 11.4 Å². The van der Waals surface area contributed by atoms with Gasteiger partial charge in [-0.15, -0.1) is 0 Å². The highest BCUT2D eigenvalue weighted by Crippen LogP contribution is 2.19. The van der Waals surface area contributed by atoms with Crippen LogP contribution >= 0.6 is 0 Å². The largest absolute Gasteiger partial charge is 0.497 e. The van der Waals surface area contributed by atoms with Gasteiger partial charge in [-0.2, -0.15) is 0 Å². The minimum Gasteiger partial charge on any atom is -0.497 e. The first kappa shape index (κ1) is 22.6. The number of para-hydroxylation sites is 1. The average molecular weight is 431 g/mol. The number of nitrogens with one attached hydrogen (secondary N) is 3. The lowest BCUT2D eigenvalue weighted by Gasteiger charge is -2.18. The van der Waals surface area contributed by atoms with Crippen molar-refractivity contribution in [3.8, 4) is 5.75 Å². The molecule has 7 nitrogen and oxygen atoms in total. The summed E-state index contributed by atoms with van der Waals surface area (Å²) in [6.45, 7) is 1.80. The van der Waals surface area contributed by atoms with E-state index in [1.54, 1.807) is 86.8 Å². The molecule has 3 rings (SSSR count). The second-order valence-corrected chi connectivity index (χ2v) is 7.02. The van der Waals surface area contributed by atoms with E-state index in [1.165, 1.54) is 0 Å². The Morgan fingerprint density at radius 1 is 0.844 bits per heavy atom. The van der Waals surface area contributed by atoms with E-state index in [4.69, 9.17) is 4.74 Å². The van der Waals surface area contributed by atoms with Gasteiger partial charge in [0.15, 0.2) is 0 Å². The number of methoxy groups -OCH3 is 1. The van der Waals surface area contributed by atoms with E-state index < -0.39 is 11.9 Å². The Bertz CT molecular complexity index is 1100. The van der Waals surface area contributed by atoms with E-state index in [9.17, 15) is 14.4 Å². The number of carbonyl (C=O) groups is 3. The van der Waals surface area contributed by atoms with Crippen LogP contribution in [0.2, 0.25) is 0 Å². The molecule has 0 aliphatic heterocycles. The summed E-state index contributed by atoms with van der Waals surface area (Å²) in [5.41, 5.74) is 1.68. The third kappa shape index (κ3) is 5.72. The monoisotopic (exact) mass is 431 g/mol. The summed E-state index contributed by atoms with van der Waals surface area (Å²) >= 11 is 0. The fourth-order valence-corrected chi connectivity index (χ4v) is 3.09. The van der Waals surface area contributed by atoms with Crippen molar-refractivity contribution in [1.29, 1.82) is 0 Å². The van der Waals surface area contributed by atoms with Gasteiger partial charge in [0.2, 0.25) is 5.91 Å². The summed E-state index contributed by atoms with van der Waals surface area (Å²) in [5.74, 6) is -0.516. The second kappa shape index (κ2) is 10.8. The summed E-state index contributed by atoms with van der Waals surface area (Å²) in [6, 6.07) is 21.6. The van der Waals surface area contributed by atoms with Gasteiger partial charge in [-0.1, -0.05) is 43.3 Å². The van der Waals surface area contributed by atoms with Crippen molar-refractivity contribution in [3.63, 3.8) is 0 Å². The van der Waals surface area contributed by atoms with Crippen molar-refractivity contribution in [1.82, 2.24) is 5.32 Å². The molecule has 3 aromatic carbocycles. The van der Waals surface area contributed by atoms with E-state index in [0.717, 1.165) is 0 Å². The first-order valence-electron chi connectivity index (χ1n) is 10.2. The van der Waals surface area contributed by atoms with Crippen LogP contribution in [-0.4, -0.2) is 30.9 Å². The molecule has 0 bridgehead atoms. The zero-order valence-electron chi connectivity index (χ0n) is 17.9. The highest BCUT2D eigenvalue weighted by molar-refractivity contribution is 6.10. The maximum absolute atomic E-state index is 12.9. The molecule has 0 heterocycles. The zero-order chi connectivity index (χ0) is 22.9. The lowest BCUT2D eigenvalue weighted by Crippen LogP contribution is -2.43. The zero-order valence-corrected chi connectivity index (χ0v) is 17.9. The molecule has 0 radical (unpaired) electrons. The maximum atomic E-state index is 12.9. The molecule has 7 heteroatoms. The van der Waals surface area contributed by atoms with Crippen molar-refractivity contribution < 1.29 is 19.1 Å². The molecule has 3 amide bonds. The van der Waals surface area contributed by atoms with Crippen LogP contribution in [0.5, 0.6) is 5.75 Å². The predicted molar refractivity (Wildman–Crippen MR) is 124 cm³/mol. The molecular formula is C25H25N3O4. The third-order valence-electron chi connectivity index (χ3n) is 4.82. The molecule has 0 aromatic heterocycles. The van der Waals surface area contributed by atoms with Gasteiger partial charge < -0.3 is 20.7 Å². The molecule has 0 aliphatic rings. The maximum Gasteiger partial charge on any atom is 0.255 e. The van der Waals surface area contributed by atoms with Crippen LogP contribution in [0.15, 0.2) is 78.9 Å². The Hall–Kier alpha value is -4.13. The van der Waals surface area contributed by atoms with E-state index in [2.05, 4.69) is 16.0 Å². The second-order valence-electron chi connectivity index (χ2n) is 7.02. The van der Waals surface area contributed by atoms with Gasteiger partial charge in [0.1, 0.15) is 11.8 Å². The van der Waals surface area contributed by atoms with E-state index in [0.29, 0.717) is 29.1 Å². The minimum absolute atomic E-state index is 0.268. The fourth-order valence-electron chi connectivity index (χ4n) is 3.09. The lowest BCUT2D eigenvalue weighted by molar-refractivity contribution is -0.118. The van der Waals surface area contributed by atoms with Gasteiger partial charge in [0.25, 0.3) is 11.8 Å². The van der Waals surface area contributed by atoms with Gasteiger partial charge in [0.05, 0.1) is 18.4 Å². The Kier molecular flexibility index (Phi) is 7.59. The van der Waals surface area contributed by atoms with Crippen LogP contribution in [0.1, 0.15) is 34.1 Å². The van der Waals surface area contributed by atoms with Gasteiger partial charge in [-0.05, 0) is 42.8 Å². The van der Waals surface area contributed by atoms with Gasteiger partial charge in [0, 0.05) is 17.3 Å². The SMILES string of the molecule is CC[C@@H](NC(=O)c1ccccc1NC(=O)c1ccccc1)C(=O)Nc1cccc(OC)c1. The van der Waals surface area contributed by atoms with Crippen molar-refractivity contribution in [3.05, 3.63) is 90.0 Å². The van der Waals surface area contributed by atoms with Crippen LogP contribution in [0, 0.1) is 0 Å². The number of carbonyl (C=O) groups excluding carboxylic acids is 3. The summed E-state index contributed by atoms with van der Waals surface area (Å²) in [7, 11) is 1.55. The Labute approximate surface area is 186 Å². The van der Waals surface area contributed by atoms with Crippen molar-refractivity contribution >= 4 is 29.1 Å². The molecule has 0 fully saturated rings. The molecule has 0 unspecified atom stereocenters. The van der Waals surface area contributed by atoms with Crippen LogP contribution in [0.3, 0.4) is 0 Å². The van der Waals surface area contributed by atoms with E-state index in [-0.39, 0.29) is 17.4 Å². The molecule has 3 N–H and O–H groups in total. The molecular weight excluding hydrogens is 406 g/mol. The summed E-state index contributed by atoms with van der Waals surface area (Å²) in [6.07, 6.45) is 0.389. The van der Waals surface area contributed by atoms with E-state index in [1.807, 2.05) is 6.07 Å². The Morgan fingerprint density at radius 3 is 2.28 bits per heavy atom. The summed E-state index contributed by atoms with van der Waals surface area (Å²) in [4.78, 5) is 38.2. The van der Waals surface area contributed by atoms with Gasteiger partial charge in [-0.3, -0.25) is 14.4 Å². The molecule has 32 heavy (non-hydrogen) atoms. The van der Waals surface area contributed by atoms with Crippen LogP contribution in [0.25, 0.3) is 0 Å². The normalized spacial score (nSPS) is 11.2. The number of amides is 3. The Balaban J connectivity index is 1.71. The summed E-state index contributed by atoms with van der Waals surface area (Å²) in [5, 5.41) is 8.31. The quantitative estimate of drug-likeness (QED) is 0.500. The number of anilines is 2. The van der Waals surface area contributed by atoms with Crippen molar-refractivity contribution in [2.24, 2.45) is 0 Å². The number of rotatable bonds is 8. The number of hydrogen-bond donors (Lipinski definition) is 3. The molecule has 164 valence electrons. The third-order valence-corrected chi connectivity index (χ3v) is 4.82. The fraction of sp³-hybridized carbons (Fsp3) is 0.160. The van der Waals surface area contributed by atoms with Gasteiger partial charge >= 0.3 is 0 Å². The highest BCUT2D eigenvalue weighted by Gasteiger charge is 2.22. The molecule has 0 spiro atoms. The standard InChI is InChI=1S/C25H25N3O4/c1-3-21(25(31)26-18-12-9-13-19(16-18)32-2)27-24(30)20-14-7-8-15-22(20)28-23(29)17-10-5-4-6-11-17/h4-16,21H,3H2,1-2H3,(H,26,31)(H,27,30)(H,28,29)/t21-/m1/s1. The minimum atomic E-state index is -0.758. The molecule has 3 aromatic rings.